The first-order valence-corrected chi connectivity index (χ1v) is 5.29. The Bertz CT molecular complexity index is 392. The van der Waals surface area contributed by atoms with Crippen molar-refractivity contribution in [2.24, 2.45) is 0 Å². The van der Waals surface area contributed by atoms with Gasteiger partial charge in [0, 0.05) is 18.6 Å². The van der Waals surface area contributed by atoms with Crippen molar-refractivity contribution < 1.29 is 17.9 Å². The monoisotopic (exact) mass is 243 g/mol. The summed E-state index contributed by atoms with van der Waals surface area (Å²) in [7, 11) is 0. The third-order valence-corrected chi connectivity index (χ3v) is 2.16. The highest BCUT2D eigenvalue weighted by Crippen LogP contribution is 2.19. The van der Waals surface area contributed by atoms with E-state index in [9.17, 15) is 13.2 Å². The Morgan fingerprint density at radius 2 is 1.71 bits per heavy atom. The molecule has 0 bridgehead atoms. The quantitative estimate of drug-likeness (QED) is 0.565. The lowest BCUT2D eigenvalue weighted by Crippen LogP contribution is -2.00. The third-order valence-electron chi connectivity index (χ3n) is 2.16. The number of unbranched alkanes of at least 4 members (excludes halogenated alkanes) is 3. The highest BCUT2D eigenvalue weighted by atomic mass is 19.2. The topological polar surface area (TPSA) is 33.0 Å². The largest absolute Gasteiger partial charge is 0.493 e. The molecule has 0 radical (unpaired) electrons. The molecule has 0 fully saturated rings. The lowest BCUT2D eigenvalue weighted by Gasteiger charge is -2.06. The molecule has 1 aromatic rings. The van der Waals surface area contributed by atoms with Crippen LogP contribution < -0.4 is 4.74 Å². The smallest absolute Gasteiger partial charge is 0.194 e. The number of halogens is 3. The second-order valence-electron chi connectivity index (χ2n) is 3.52. The van der Waals surface area contributed by atoms with E-state index in [0.717, 1.165) is 25.0 Å². The van der Waals surface area contributed by atoms with Crippen LogP contribution in [-0.2, 0) is 0 Å². The maximum Gasteiger partial charge on any atom is 0.194 e. The minimum atomic E-state index is -1.49. The Kier molecular flexibility index (Phi) is 5.34. The van der Waals surface area contributed by atoms with Crippen LogP contribution >= 0.6 is 0 Å². The fraction of sp³-hybridized carbons (Fsp3) is 0.417. The second kappa shape index (κ2) is 6.79. The van der Waals surface area contributed by atoms with E-state index in [1.165, 1.54) is 0 Å². The zero-order chi connectivity index (χ0) is 12.7. The average Bonchev–Trinajstić information content (AvgIpc) is 2.30. The molecule has 17 heavy (non-hydrogen) atoms. The molecule has 0 saturated heterocycles. The summed E-state index contributed by atoms with van der Waals surface area (Å²) < 4.78 is 43.2. The Labute approximate surface area is 97.6 Å². The predicted octanol–water partition coefficient (Wildman–Crippen LogP) is 3.57. The van der Waals surface area contributed by atoms with Crippen LogP contribution in [0, 0.1) is 28.8 Å². The van der Waals surface area contributed by atoms with Crippen molar-refractivity contribution in [1.29, 1.82) is 5.26 Å². The molecule has 0 aliphatic carbocycles. The zero-order valence-corrected chi connectivity index (χ0v) is 9.18. The summed E-state index contributed by atoms with van der Waals surface area (Å²) in [5.41, 5.74) is 0. The fourth-order valence-electron chi connectivity index (χ4n) is 1.29. The van der Waals surface area contributed by atoms with Gasteiger partial charge in [-0.3, -0.25) is 0 Å². The van der Waals surface area contributed by atoms with E-state index in [0.29, 0.717) is 12.8 Å². The number of nitrogens with zero attached hydrogens (tertiary/aromatic N) is 1. The molecule has 1 rings (SSSR count). The van der Waals surface area contributed by atoms with Gasteiger partial charge in [-0.1, -0.05) is 0 Å². The summed E-state index contributed by atoms with van der Waals surface area (Å²) in [5, 5.41) is 8.29. The number of nitriles is 1. The molecule has 0 aromatic heterocycles. The number of rotatable bonds is 6. The Hall–Kier alpha value is -1.70. The molecule has 0 heterocycles. The Morgan fingerprint density at radius 1 is 1.06 bits per heavy atom. The van der Waals surface area contributed by atoms with Crippen molar-refractivity contribution in [2.75, 3.05) is 6.61 Å². The van der Waals surface area contributed by atoms with Gasteiger partial charge in [-0.05, 0) is 19.3 Å². The second-order valence-corrected chi connectivity index (χ2v) is 3.52. The first-order chi connectivity index (χ1) is 8.15. The van der Waals surface area contributed by atoms with E-state index >= 15 is 0 Å². The van der Waals surface area contributed by atoms with Crippen molar-refractivity contribution in [2.45, 2.75) is 25.7 Å². The highest BCUT2D eigenvalue weighted by molar-refractivity contribution is 5.24. The number of hydrogen-bond acceptors (Lipinski definition) is 2. The van der Waals surface area contributed by atoms with Gasteiger partial charge in [-0.25, -0.2) is 13.2 Å². The molecule has 0 aliphatic rings. The van der Waals surface area contributed by atoms with Crippen LogP contribution in [0.5, 0.6) is 5.75 Å². The van der Waals surface area contributed by atoms with E-state index in [-0.39, 0.29) is 12.4 Å². The third kappa shape index (κ3) is 4.35. The standard InChI is InChI=1S/C12H12F3NO/c13-10-7-9(8-11(14)12(10)15)17-6-4-2-1-3-5-16/h7-8H,1-4,6H2. The van der Waals surface area contributed by atoms with Gasteiger partial charge < -0.3 is 4.74 Å². The lowest BCUT2D eigenvalue weighted by atomic mass is 10.2. The summed E-state index contributed by atoms with van der Waals surface area (Å²) in [4.78, 5) is 0. The molecule has 0 unspecified atom stereocenters. The van der Waals surface area contributed by atoms with Gasteiger partial charge in [0.25, 0.3) is 0 Å². The Morgan fingerprint density at radius 3 is 2.29 bits per heavy atom. The normalized spacial score (nSPS) is 10.0. The van der Waals surface area contributed by atoms with Crippen LogP contribution in [-0.4, -0.2) is 6.61 Å². The molecule has 0 N–H and O–H groups in total. The fourth-order valence-corrected chi connectivity index (χ4v) is 1.29. The minimum absolute atomic E-state index is 0.0262. The molecule has 2 nitrogen and oxygen atoms in total. The lowest BCUT2D eigenvalue weighted by molar-refractivity contribution is 0.299. The summed E-state index contributed by atoms with van der Waals surface area (Å²) >= 11 is 0. The van der Waals surface area contributed by atoms with Crippen molar-refractivity contribution in [3.8, 4) is 11.8 Å². The van der Waals surface area contributed by atoms with Crippen LogP contribution in [0.3, 0.4) is 0 Å². The molecule has 1 aromatic carbocycles. The van der Waals surface area contributed by atoms with Crippen LogP contribution in [0.25, 0.3) is 0 Å². The van der Waals surface area contributed by atoms with Gasteiger partial charge in [0.05, 0.1) is 12.7 Å². The van der Waals surface area contributed by atoms with Crippen molar-refractivity contribution >= 4 is 0 Å². The van der Waals surface area contributed by atoms with Gasteiger partial charge in [-0.2, -0.15) is 5.26 Å². The minimum Gasteiger partial charge on any atom is -0.493 e. The summed E-state index contributed by atoms with van der Waals surface area (Å²) in [6.07, 6.45) is 2.74. The maximum atomic E-state index is 12.8. The molecule has 0 saturated carbocycles. The van der Waals surface area contributed by atoms with Crippen molar-refractivity contribution in [1.82, 2.24) is 0 Å². The van der Waals surface area contributed by atoms with E-state index < -0.39 is 17.5 Å². The number of benzene rings is 1. The molecule has 0 spiro atoms. The first kappa shape index (κ1) is 13.4. The number of ether oxygens (including phenoxy) is 1. The average molecular weight is 243 g/mol. The van der Waals surface area contributed by atoms with Crippen molar-refractivity contribution in [3.63, 3.8) is 0 Å². The van der Waals surface area contributed by atoms with Crippen LogP contribution in [0.15, 0.2) is 12.1 Å². The molecular weight excluding hydrogens is 231 g/mol. The van der Waals surface area contributed by atoms with Crippen LogP contribution in [0.1, 0.15) is 25.7 Å². The van der Waals surface area contributed by atoms with E-state index in [1.807, 2.05) is 6.07 Å². The summed E-state index contributed by atoms with van der Waals surface area (Å²) in [6, 6.07) is 3.64. The van der Waals surface area contributed by atoms with Crippen molar-refractivity contribution in [3.05, 3.63) is 29.6 Å². The van der Waals surface area contributed by atoms with Gasteiger partial charge in [-0.15, -0.1) is 0 Å². The Balaban J connectivity index is 2.35. The van der Waals surface area contributed by atoms with Crippen LogP contribution in [0.4, 0.5) is 13.2 Å². The van der Waals surface area contributed by atoms with Gasteiger partial charge in [0.15, 0.2) is 17.5 Å². The summed E-state index contributed by atoms with van der Waals surface area (Å²) in [6.45, 7) is 0.288. The SMILES string of the molecule is N#CCCCCCOc1cc(F)c(F)c(F)c1. The maximum absolute atomic E-state index is 12.8. The molecule has 0 aliphatic heterocycles. The highest BCUT2D eigenvalue weighted by Gasteiger charge is 2.10. The molecule has 92 valence electrons. The molecule has 0 amide bonds. The zero-order valence-electron chi connectivity index (χ0n) is 9.18. The number of hydrogen-bond donors (Lipinski definition) is 0. The van der Waals surface area contributed by atoms with Gasteiger partial charge >= 0.3 is 0 Å². The summed E-state index contributed by atoms with van der Waals surface area (Å²) in [5.74, 6) is -4.04. The molecule has 0 atom stereocenters. The first-order valence-electron chi connectivity index (χ1n) is 5.29. The molecular formula is C12H12F3NO. The van der Waals surface area contributed by atoms with Gasteiger partial charge in [0.1, 0.15) is 5.75 Å². The predicted molar refractivity (Wildman–Crippen MR) is 55.9 cm³/mol. The van der Waals surface area contributed by atoms with Gasteiger partial charge in [0.2, 0.25) is 0 Å². The molecule has 5 heteroatoms. The van der Waals surface area contributed by atoms with E-state index in [4.69, 9.17) is 10.00 Å². The van der Waals surface area contributed by atoms with E-state index in [1.54, 1.807) is 0 Å². The van der Waals surface area contributed by atoms with Crippen LogP contribution in [0.2, 0.25) is 0 Å². The van der Waals surface area contributed by atoms with E-state index in [2.05, 4.69) is 0 Å².